The van der Waals surface area contributed by atoms with Gasteiger partial charge in [0, 0.05) is 38.3 Å². The van der Waals surface area contributed by atoms with E-state index >= 15 is 0 Å². The van der Waals surface area contributed by atoms with Crippen molar-refractivity contribution >= 4 is 0 Å². The number of hydrogen-bond acceptors (Lipinski definition) is 3. The van der Waals surface area contributed by atoms with E-state index in [2.05, 4.69) is 56.9 Å². The third kappa shape index (κ3) is 3.87. The minimum absolute atomic E-state index is 0.105. The van der Waals surface area contributed by atoms with Crippen LogP contribution in [0.5, 0.6) is 0 Å². The molecule has 0 amide bonds. The number of imidazole rings is 1. The Kier molecular flexibility index (Phi) is 5.14. The molecule has 0 spiro atoms. The van der Waals surface area contributed by atoms with E-state index in [4.69, 9.17) is 5.11 Å². The summed E-state index contributed by atoms with van der Waals surface area (Å²) in [5, 5.41) is 9.16. The average molecular weight is 347 g/mol. The predicted octanol–water partition coefficient (Wildman–Crippen LogP) is 3.18. The van der Waals surface area contributed by atoms with Gasteiger partial charge in [-0.05, 0) is 23.1 Å². The Labute approximate surface area is 154 Å². The average Bonchev–Trinajstić information content (AvgIpc) is 3.10. The summed E-state index contributed by atoms with van der Waals surface area (Å²) in [6.45, 7) is 4.01. The summed E-state index contributed by atoms with van der Waals surface area (Å²) in [6, 6.07) is 18.9. The summed E-state index contributed by atoms with van der Waals surface area (Å²) < 4.78 is 2.33. The van der Waals surface area contributed by atoms with Gasteiger partial charge in [0.05, 0.1) is 18.6 Å². The first-order chi connectivity index (χ1) is 12.8. The molecule has 1 aromatic heterocycles. The van der Waals surface area contributed by atoms with Gasteiger partial charge in [-0.1, -0.05) is 54.6 Å². The fourth-order valence-corrected chi connectivity index (χ4v) is 3.65. The highest BCUT2D eigenvalue weighted by atomic mass is 16.3. The quantitative estimate of drug-likeness (QED) is 0.745. The smallest absolute Gasteiger partial charge is 0.0952 e. The summed E-state index contributed by atoms with van der Waals surface area (Å²) in [6.07, 6.45) is 4.11. The number of hydrogen-bond donors (Lipinski definition) is 1. The minimum Gasteiger partial charge on any atom is -0.392 e. The summed E-state index contributed by atoms with van der Waals surface area (Å²) in [5.41, 5.74) is 6.24. The van der Waals surface area contributed by atoms with Gasteiger partial charge in [-0.3, -0.25) is 4.90 Å². The summed E-state index contributed by atoms with van der Waals surface area (Å²) >= 11 is 0. The highest BCUT2D eigenvalue weighted by Gasteiger charge is 2.20. The maximum Gasteiger partial charge on any atom is 0.0952 e. The Hall–Kier alpha value is -2.43. The van der Waals surface area contributed by atoms with Crippen molar-refractivity contribution in [3.05, 3.63) is 89.0 Å². The molecule has 0 atom stereocenters. The third-order valence-corrected chi connectivity index (χ3v) is 5.17. The number of nitrogens with zero attached hydrogens (tertiary/aromatic N) is 3. The van der Waals surface area contributed by atoms with Crippen molar-refractivity contribution in [3.63, 3.8) is 0 Å². The first-order valence-corrected chi connectivity index (χ1v) is 9.29. The Morgan fingerprint density at radius 2 is 1.69 bits per heavy atom. The fourth-order valence-electron chi connectivity index (χ4n) is 3.65. The lowest BCUT2D eigenvalue weighted by Crippen LogP contribution is -2.31. The van der Waals surface area contributed by atoms with Gasteiger partial charge in [0.25, 0.3) is 0 Å². The standard InChI is InChI=1S/C22H25N3O/c26-16-20-8-6-19(7-9-20)14-24-12-11-22-21(15-24)23-17-25(22)13-10-18-4-2-1-3-5-18/h1-9,17,26H,10-16H2. The molecule has 26 heavy (non-hydrogen) atoms. The number of aromatic nitrogens is 2. The van der Waals surface area contributed by atoms with Gasteiger partial charge in [0.15, 0.2) is 0 Å². The van der Waals surface area contributed by atoms with Crippen molar-refractivity contribution in [1.29, 1.82) is 0 Å². The zero-order valence-electron chi connectivity index (χ0n) is 15.0. The molecule has 0 bridgehead atoms. The van der Waals surface area contributed by atoms with Crippen LogP contribution in [0, 0.1) is 0 Å². The first-order valence-electron chi connectivity index (χ1n) is 9.29. The van der Waals surface area contributed by atoms with E-state index in [0.717, 1.165) is 44.6 Å². The Morgan fingerprint density at radius 3 is 2.46 bits per heavy atom. The van der Waals surface area contributed by atoms with Gasteiger partial charge in [-0.15, -0.1) is 0 Å². The SMILES string of the molecule is OCc1ccc(CN2CCc3c(ncn3CCc3ccccc3)C2)cc1. The van der Waals surface area contributed by atoms with Crippen molar-refractivity contribution in [2.45, 2.75) is 39.1 Å². The number of aliphatic hydroxyl groups excluding tert-OH is 1. The lowest BCUT2D eigenvalue weighted by Gasteiger charge is -2.27. The van der Waals surface area contributed by atoms with Crippen LogP contribution in [0.3, 0.4) is 0 Å². The van der Waals surface area contributed by atoms with Crippen molar-refractivity contribution < 1.29 is 5.11 Å². The normalized spacial score (nSPS) is 14.3. The largest absolute Gasteiger partial charge is 0.392 e. The van der Waals surface area contributed by atoms with Gasteiger partial charge in [0.1, 0.15) is 0 Å². The molecule has 2 aromatic carbocycles. The molecule has 134 valence electrons. The molecule has 4 heteroatoms. The molecular weight excluding hydrogens is 322 g/mol. The maximum atomic E-state index is 9.16. The number of benzene rings is 2. The Morgan fingerprint density at radius 1 is 0.923 bits per heavy atom. The molecule has 0 saturated carbocycles. The van der Waals surface area contributed by atoms with E-state index in [9.17, 15) is 0 Å². The fraction of sp³-hybridized carbons (Fsp3) is 0.318. The first kappa shape index (κ1) is 17.0. The van der Waals surface area contributed by atoms with Crippen LogP contribution in [0.25, 0.3) is 0 Å². The lowest BCUT2D eigenvalue weighted by atomic mass is 10.1. The second-order valence-electron chi connectivity index (χ2n) is 7.00. The Balaban J connectivity index is 1.37. The predicted molar refractivity (Wildman–Crippen MR) is 103 cm³/mol. The van der Waals surface area contributed by atoms with Crippen LogP contribution in [0.1, 0.15) is 28.1 Å². The van der Waals surface area contributed by atoms with Crippen LogP contribution in [-0.4, -0.2) is 26.1 Å². The van der Waals surface area contributed by atoms with Crippen LogP contribution in [0.2, 0.25) is 0 Å². The Bertz CT molecular complexity index is 840. The van der Waals surface area contributed by atoms with Crippen LogP contribution in [-0.2, 0) is 39.1 Å². The number of fused-ring (bicyclic) bond motifs is 1. The topological polar surface area (TPSA) is 41.3 Å². The van der Waals surface area contributed by atoms with E-state index in [1.54, 1.807) is 0 Å². The van der Waals surface area contributed by atoms with Gasteiger partial charge < -0.3 is 9.67 Å². The highest BCUT2D eigenvalue weighted by Crippen LogP contribution is 2.20. The second-order valence-corrected chi connectivity index (χ2v) is 7.00. The molecule has 0 fully saturated rings. The van der Waals surface area contributed by atoms with Crippen molar-refractivity contribution in [1.82, 2.24) is 14.5 Å². The molecule has 0 saturated heterocycles. The van der Waals surface area contributed by atoms with E-state index in [-0.39, 0.29) is 6.61 Å². The molecule has 2 heterocycles. The number of rotatable bonds is 6. The summed E-state index contributed by atoms with van der Waals surface area (Å²) in [7, 11) is 0. The van der Waals surface area contributed by atoms with Crippen LogP contribution < -0.4 is 0 Å². The second kappa shape index (κ2) is 7.85. The zero-order chi connectivity index (χ0) is 17.8. The molecule has 0 aliphatic carbocycles. The van der Waals surface area contributed by atoms with E-state index < -0.39 is 0 Å². The minimum atomic E-state index is 0.105. The van der Waals surface area contributed by atoms with Gasteiger partial charge in [-0.25, -0.2) is 4.98 Å². The molecule has 4 nitrogen and oxygen atoms in total. The molecule has 1 aliphatic heterocycles. The molecular formula is C22H25N3O. The highest BCUT2D eigenvalue weighted by molar-refractivity contribution is 5.23. The molecule has 1 aliphatic rings. The van der Waals surface area contributed by atoms with Crippen LogP contribution in [0.15, 0.2) is 60.9 Å². The molecule has 0 radical (unpaired) electrons. The molecule has 3 aromatic rings. The van der Waals surface area contributed by atoms with Crippen LogP contribution >= 0.6 is 0 Å². The number of aliphatic hydroxyl groups is 1. The van der Waals surface area contributed by atoms with E-state index in [0.29, 0.717) is 0 Å². The van der Waals surface area contributed by atoms with E-state index in [1.165, 1.54) is 22.5 Å². The summed E-state index contributed by atoms with van der Waals surface area (Å²) in [5.74, 6) is 0. The molecule has 4 rings (SSSR count). The molecule has 1 N–H and O–H groups in total. The van der Waals surface area contributed by atoms with Gasteiger partial charge >= 0.3 is 0 Å². The maximum absolute atomic E-state index is 9.16. The molecule has 0 unspecified atom stereocenters. The number of aryl methyl sites for hydroxylation is 2. The van der Waals surface area contributed by atoms with Gasteiger partial charge in [-0.2, -0.15) is 0 Å². The van der Waals surface area contributed by atoms with Crippen molar-refractivity contribution in [2.75, 3.05) is 6.54 Å². The monoisotopic (exact) mass is 347 g/mol. The van der Waals surface area contributed by atoms with E-state index in [1.807, 2.05) is 18.5 Å². The third-order valence-electron chi connectivity index (χ3n) is 5.17. The zero-order valence-corrected chi connectivity index (χ0v) is 15.0. The lowest BCUT2D eigenvalue weighted by molar-refractivity contribution is 0.239. The van der Waals surface area contributed by atoms with Crippen molar-refractivity contribution in [2.24, 2.45) is 0 Å². The van der Waals surface area contributed by atoms with Gasteiger partial charge in [0.2, 0.25) is 0 Å². The van der Waals surface area contributed by atoms with Crippen LogP contribution in [0.4, 0.5) is 0 Å². The van der Waals surface area contributed by atoms with Crippen molar-refractivity contribution in [3.8, 4) is 0 Å². The summed E-state index contributed by atoms with van der Waals surface area (Å²) in [4.78, 5) is 7.13.